The summed E-state index contributed by atoms with van der Waals surface area (Å²) >= 11 is 3.14. The first-order valence-corrected chi connectivity index (χ1v) is 17.5. The van der Waals surface area contributed by atoms with Crippen molar-refractivity contribution in [1.29, 1.82) is 0 Å². The van der Waals surface area contributed by atoms with E-state index in [-0.39, 0.29) is 28.1 Å². The van der Waals surface area contributed by atoms with Gasteiger partial charge in [-0.1, -0.05) is 102 Å². The molecule has 5 nitrogen and oxygen atoms in total. The van der Waals surface area contributed by atoms with E-state index in [0.29, 0.717) is 18.5 Å². The second-order valence-corrected chi connectivity index (χ2v) is 15.2. The van der Waals surface area contributed by atoms with Gasteiger partial charge in [-0.3, -0.25) is 4.79 Å². The molecule has 4 aromatic carbocycles. The smallest absolute Gasteiger partial charge is 0.255 e. The number of hydrogen-bond donors (Lipinski definition) is 2. The van der Waals surface area contributed by atoms with Crippen molar-refractivity contribution in [2.45, 2.75) is 87.3 Å². The van der Waals surface area contributed by atoms with Crippen molar-refractivity contribution in [3.63, 3.8) is 0 Å². The lowest BCUT2D eigenvalue weighted by Gasteiger charge is -2.30. The molecule has 0 aliphatic carbocycles. The number of benzene rings is 4. The SMILES string of the molecule is CCC(C)(C)c1ccc(OCCCCNC(=O)c2cc(Sc3nc4ccccc4s3)c3ccccc3c2O)c(C(C)(C)CC)c1. The zero-order valence-corrected chi connectivity index (χ0v) is 28.8. The molecule has 0 unspecified atom stereocenters. The largest absolute Gasteiger partial charge is 0.506 e. The highest BCUT2D eigenvalue weighted by Gasteiger charge is 2.26. The summed E-state index contributed by atoms with van der Waals surface area (Å²) in [5.74, 6) is 0.660. The zero-order chi connectivity index (χ0) is 32.2. The van der Waals surface area contributed by atoms with Gasteiger partial charge < -0.3 is 15.2 Å². The zero-order valence-electron chi connectivity index (χ0n) is 27.2. The van der Waals surface area contributed by atoms with Crippen LogP contribution in [0.3, 0.4) is 0 Å². The molecule has 45 heavy (non-hydrogen) atoms. The second-order valence-electron chi connectivity index (χ2n) is 12.9. The standard InChI is InChI=1S/C38H44N2O3S2/c1-7-37(3,4)25-19-20-31(29(23-25)38(5,6)8-2)43-22-14-13-21-39-35(42)28-24-33(26-15-9-10-16-27(26)34(28)41)45-36-40-30-17-11-12-18-32(30)44-36/h9-12,15-20,23-24,41H,7-8,13-14,21-22H2,1-6H3,(H,39,42). The van der Waals surface area contributed by atoms with E-state index >= 15 is 0 Å². The Labute approximate surface area is 275 Å². The number of fused-ring (bicyclic) bond motifs is 2. The molecule has 0 aliphatic rings. The second kappa shape index (κ2) is 13.8. The van der Waals surface area contributed by atoms with E-state index in [2.05, 4.69) is 71.1 Å². The lowest BCUT2D eigenvalue weighted by molar-refractivity contribution is 0.0949. The van der Waals surface area contributed by atoms with Crippen LogP contribution in [-0.2, 0) is 10.8 Å². The first-order valence-electron chi connectivity index (χ1n) is 15.9. The first kappa shape index (κ1) is 32.8. The van der Waals surface area contributed by atoms with Gasteiger partial charge in [0.2, 0.25) is 0 Å². The van der Waals surface area contributed by atoms with Crippen molar-refractivity contribution in [2.75, 3.05) is 13.2 Å². The predicted molar refractivity (Wildman–Crippen MR) is 189 cm³/mol. The molecule has 5 aromatic rings. The van der Waals surface area contributed by atoms with Gasteiger partial charge >= 0.3 is 0 Å². The quantitative estimate of drug-likeness (QED) is 0.125. The third-order valence-electron chi connectivity index (χ3n) is 9.07. The molecule has 1 heterocycles. The van der Waals surface area contributed by atoms with Crippen LogP contribution in [0.25, 0.3) is 21.0 Å². The number of nitrogens with zero attached hydrogens (tertiary/aromatic N) is 1. The minimum absolute atomic E-state index is 0.000786. The van der Waals surface area contributed by atoms with Crippen molar-refractivity contribution in [3.8, 4) is 11.5 Å². The van der Waals surface area contributed by atoms with E-state index in [0.717, 1.165) is 56.3 Å². The molecule has 0 saturated heterocycles. The molecule has 0 radical (unpaired) electrons. The summed E-state index contributed by atoms with van der Waals surface area (Å²) in [4.78, 5) is 19.0. The third kappa shape index (κ3) is 7.31. The number of aromatic hydroxyl groups is 1. The predicted octanol–water partition coefficient (Wildman–Crippen LogP) is 10.3. The molecule has 1 aromatic heterocycles. The van der Waals surface area contributed by atoms with Crippen molar-refractivity contribution >= 4 is 50.0 Å². The maximum Gasteiger partial charge on any atom is 0.255 e. The van der Waals surface area contributed by atoms with Crippen LogP contribution in [0.1, 0.15) is 88.7 Å². The number of unbranched alkanes of at least 4 members (excludes halogenated alkanes) is 1. The van der Waals surface area contributed by atoms with E-state index in [1.807, 2.05) is 42.5 Å². The van der Waals surface area contributed by atoms with Gasteiger partial charge in [0.1, 0.15) is 11.5 Å². The van der Waals surface area contributed by atoms with Gasteiger partial charge in [0, 0.05) is 22.4 Å². The fourth-order valence-corrected chi connectivity index (χ4v) is 7.48. The summed E-state index contributed by atoms with van der Waals surface area (Å²) in [6, 6.07) is 24.2. The Balaban J connectivity index is 1.23. The van der Waals surface area contributed by atoms with E-state index in [4.69, 9.17) is 9.72 Å². The number of thiazole rings is 1. The molecule has 0 bridgehead atoms. The summed E-state index contributed by atoms with van der Waals surface area (Å²) in [5.41, 5.74) is 3.95. The minimum Gasteiger partial charge on any atom is -0.506 e. The van der Waals surface area contributed by atoms with E-state index < -0.39 is 0 Å². The van der Waals surface area contributed by atoms with Crippen LogP contribution in [0, 0.1) is 0 Å². The molecule has 236 valence electrons. The van der Waals surface area contributed by atoms with E-state index in [1.165, 1.54) is 22.9 Å². The molecule has 5 rings (SSSR count). The Morgan fingerprint density at radius 1 is 0.911 bits per heavy atom. The van der Waals surface area contributed by atoms with Crippen LogP contribution in [0.15, 0.2) is 82.0 Å². The molecule has 0 atom stereocenters. The normalized spacial score (nSPS) is 12.1. The van der Waals surface area contributed by atoms with Gasteiger partial charge in [0.25, 0.3) is 5.91 Å². The Morgan fingerprint density at radius 2 is 1.62 bits per heavy atom. The minimum atomic E-state index is -0.286. The van der Waals surface area contributed by atoms with Gasteiger partial charge in [-0.25, -0.2) is 4.98 Å². The first-order chi connectivity index (χ1) is 21.5. The number of ether oxygens (including phenoxy) is 1. The lowest BCUT2D eigenvalue weighted by atomic mass is 9.76. The van der Waals surface area contributed by atoms with Gasteiger partial charge in [-0.05, 0) is 71.7 Å². The Hall–Kier alpha value is -3.55. The highest BCUT2D eigenvalue weighted by molar-refractivity contribution is 8.01. The maximum absolute atomic E-state index is 13.3. The number of amides is 1. The topological polar surface area (TPSA) is 71.5 Å². The summed E-state index contributed by atoms with van der Waals surface area (Å²) in [6.45, 7) is 14.7. The van der Waals surface area contributed by atoms with Crippen LogP contribution in [0.4, 0.5) is 0 Å². The van der Waals surface area contributed by atoms with Gasteiger partial charge in [0.05, 0.1) is 22.4 Å². The van der Waals surface area contributed by atoms with Crippen LogP contribution in [0.5, 0.6) is 11.5 Å². The van der Waals surface area contributed by atoms with Gasteiger partial charge in [-0.2, -0.15) is 0 Å². The Morgan fingerprint density at radius 3 is 2.36 bits per heavy atom. The lowest BCUT2D eigenvalue weighted by Crippen LogP contribution is -2.25. The Bertz CT molecular complexity index is 1780. The third-order valence-corrected chi connectivity index (χ3v) is 11.2. The molecule has 0 spiro atoms. The highest BCUT2D eigenvalue weighted by atomic mass is 32.2. The van der Waals surface area contributed by atoms with Crippen LogP contribution in [-0.4, -0.2) is 29.1 Å². The summed E-state index contributed by atoms with van der Waals surface area (Å²) in [6.07, 6.45) is 3.66. The van der Waals surface area contributed by atoms with Crippen LogP contribution >= 0.6 is 23.1 Å². The summed E-state index contributed by atoms with van der Waals surface area (Å²) in [5, 5.41) is 15.6. The molecule has 2 N–H and O–H groups in total. The number of phenols is 1. The maximum atomic E-state index is 13.3. The van der Waals surface area contributed by atoms with Crippen LogP contribution in [0.2, 0.25) is 0 Å². The van der Waals surface area contributed by atoms with Gasteiger partial charge in [-0.15, -0.1) is 11.3 Å². The number of carbonyl (C=O) groups excluding carboxylic acids is 1. The summed E-state index contributed by atoms with van der Waals surface area (Å²) < 4.78 is 8.33. The van der Waals surface area contributed by atoms with Crippen molar-refractivity contribution in [3.05, 3.63) is 89.5 Å². The number of nitrogens with one attached hydrogen (secondary N) is 1. The number of para-hydroxylation sites is 1. The highest BCUT2D eigenvalue weighted by Crippen LogP contribution is 2.42. The fourth-order valence-electron chi connectivity index (χ4n) is 5.28. The van der Waals surface area contributed by atoms with Crippen molar-refractivity contribution in [1.82, 2.24) is 10.3 Å². The molecular weight excluding hydrogens is 597 g/mol. The average molecular weight is 641 g/mol. The summed E-state index contributed by atoms with van der Waals surface area (Å²) in [7, 11) is 0. The number of aromatic nitrogens is 1. The molecular formula is C38H44N2O3S2. The Kier molecular flexibility index (Phi) is 10.1. The number of rotatable bonds is 13. The number of carbonyl (C=O) groups is 1. The monoisotopic (exact) mass is 640 g/mol. The number of hydrogen-bond acceptors (Lipinski definition) is 6. The molecule has 1 amide bonds. The van der Waals surface area contributed by atoms with Gasteiger partial charge in [0.15, 0.2) is 4.34 Å². The van der Waals surface area contributed by atoms with Crippen LogP contribution < -0.4 is 10.1 Å². The van der Waals surface area contributed by atoms with E-state index in [1.54, 1.807) is 17.4 Å². The molecule has 0 fully saturated rings. The van der Waals surface area contributed by atoms with E-state index in [9.17, 15) is 9.90 Å². The molecule has 0 aliphatic heterocycles. The molecule has 0 saturated carbocycles. The van der Waals surface area contributed by atoms with Crippen molar-refractivity contribution in [2.24, 2.45) is 0 Å². The number of phenolic OH excluding ortho intramolecular Hbond substituents is 1. The molecule has 7 heteroatoms. The van der Waals surface area contributed by atoms with Crippen molar-refractivity contribution < 1.29 is 14.6 Å². The fraction of sp³-hybridized carbons (Fsp3) is 0.368. The average Bonchev–Trinajstić information content (AvgIpc) is 3.46.